The Kier molecular flexibility index (Phi) is 12.1. The maximum atomic E-state index is 4.82. The van der Waals surface area contributed by atoms with Gasteiger partial charge in [0.1, 0.15) is 0 Å². The van der Waals surface area contributed by atoms with Crippen molar-refractivity contribution in [1.29, 1.82) is 0 Å². The second-order valence-electron chi connectivity index (χ2n) is 7.69. The summed E-state index contributed by atoms with van der Waals surface area (Å²) in [6.07, 6.45) is 9.91. The van der Waals surface area contributed by atoms with E-state index in [1.165, 1.54) is 44.9 Å². The van der Waals surface area contributed by atoms with Crippen molar-refractivity contribution in [3.05, 3.63) is 0 Å². The molecule has 1 aliphatic carbocycles. The Morgan fingerprint density at radius 3 is 2.56 bits per heavy atom. The van der Waals surface area contributed by atoms with Crippen molar-refractivity contribution < 1.29 is 0 Å². The second-order valence-corrected chi connectivity index (χ2v) is 7.69. The molecule has 1 atom stereocenters. The van der Waals surface area contributed by atoms with Gasteiger partial charge in [0.15, 0.2) is 5.96 Å². The van der Waals surface area contributed by atoms with Crippen LogP contribution in [0.5, 0.6) is 0 Å². The Morgan fingerprint density at radius 1 is 1.08 bits per heavy atom. The fourth-order valence-electron chi connectivity index (χ4n) is 3.90. The van der Waals surface area contributed by atoms with E-state index in [9.17, 15) is 0 Å². The van der Waals surface area contributed by atoms with Gasteiger partial charge in [0.25, 0.3) is 0 Å². The molecular weight excluding hydrogens is 425 g/mol. The number of guanidine groups is 1. The largest absolute Gasteiger partial charge is 0.357 e. The number of piperazine rings is 1. The molecule has 1 saturated carbocycles. The molecule has 2 rings (SSSR count). The highest BCUT2D eigenvalue weighted by atomic mass is 127. The third-order valence-corrected chi connectivity index (χ3v) is 5.59. The third kappa shape index (κ3) is 8.91. The molecule has 2 N–H and O–H groups in total. The van der Waals surface area contributed by atoms with Gasteiger partial charge in [-0.2, -0.15) is 0 Å². The smallest absolute Gasteiger partial charge is 0.191 e. The molecule has 2 fully saturated rings. The molecule has 1 aliphatic heterocycles. The van der Waals surface area contributed by atoms with Crippen molar-refractivity contribution >= 4 is 29.9 Å². The molecule has 0 bridgehead atoms. The molecule has 1 heterocycles. The predicted octanol–water partition coefficient (Wildman–Crippen LogP) is 2.77. The first-order chi connectivity index (χ1) is 11.7. The van der Waals surface area contributed by atoms with E-state index in [-0.39, 0.29) is 24.0 Å². The molecular formula is C19H40IN5. The summed E-state index contributed by atoms with van der Waals surface area (Å²) < 4.78 is 0. The maximum absolute atomic E-state index is 4.82. The average molecular weight is 465 g/mol. The van der Waals surface area contributed by atoms with Gasteiger partial charge < -0.3 is 15.5 Å². The third-order valence-electron chi connectivity index (χ3n) is 5.59. The van der Waals surface area contributed by atoms with Gasteiger partial charge in [0, 0.05) is 38.8 Å². The van der Waals surface area contributed by atoms with Gasteiger partial charge in [0.2, 0.25) is 0 Å². The van der Waals surface area contributed by atoms with Gasteiger partial charge >= 0.3 is 0 Å². The molecule has 148 valence electrons. The number of nitrogens with zero attached hydrogens (tertiary/aromatic N) is 3. The zero-order chi connectivity index (χ0) is 17.2. The summed E-state index contributed by atoms with van der Waals surface area (Å²) in [4.78, 5) is 9.67. The van der Waals surface area contributed by atoms with Crippen LogP contribution >= 0.6 is 24.0 Å². The van der Waals surface area contributed by atoms with Crippen LogP contribution in [-0.4, -0.2) is 75.2 Å². The Labute approximate surface area is 172 Å². The van der Waals surface area contributed by atoms with Crippen LogP contribution in [0.15, 0.2) is 4.99 Å². The Hall–Kier alpha value is -0.0800. The van der Waals surface area contributed by atoms with Crippen LogP contribution in [0.3, 0.4) is 0 Å². The summed E-state index contributed by atoms with van der Waals surface area (Å²) in [5, 5.41) is 6.91. The van der Waals surface area contributed by atoms with E-state index in [0.717, 1.165) is 51.1 Å². The van der Waals surface area contributed by atoms with Crippen molar-refractivity contribution in [2.75, 3.05) is 53.4 Å². The van der Waals surface area contributed by atoms with Crippen LogP contribution in [-0.2, 0) is 0 Å². The van der Waals surface area contributed by atoms with Gasteiger partial charge in [-0.3, -0.25) is 9.89 Å². The van der Waals surface area contributed by atoms with E-state index in [0.29, 0.717) is 6.04 Å². The summed E-state index contributed by atoms with van der Waals surface area (Å²) in [7, 11) is 4.42. The zero-order valence-corrected chi connectivity index (χ0v) is 18.9. The number of unbranched alkanes of at least 4 members (excludes halogenated alkanes) is 1. The van der Waals surface area contributed by atoms with Gasteiger partial charge in [-0.25, -0.2) is 0 Å². The first kappa shape index (κ1) is 23.0. The molecule has 0 aromatic heterocycles. The van der Waals surface area contributed by atoms with Gasteiger partial charge in [-0.1, -0.05) is 38.5 Å². The van der Waals surface area contributed by atoms with Crippen LogP contribution in [0.1, 0.15) is 51.9 Å². The van der Waals surface area contributed by atoms with E-state index in [1.54, 1.807) is 0 Å². The highest BCUT2D eigenvalue weighted by Gasteiger charge is 2.21. The number of hydrogen-bond donors (Lipinski definition) is 2. The predicted molar refractivity (Wildman–Crippen MR) is 119 cm³/mol. The maximum Gasteiger partial charge on any atom is 0.191 e. The molecule has 2 aliphatic rings. The number of rotatable bonds is 8. The zero-order valence-electron chi connectivity index (χ0n) is 16.6. The molecule has 0 amide bonds. The lowest BCUT2D eigenvalue weighted by atomic mass is 10.0. The SMILES string of the molecule is CCNC(=NCC1CN(C)CCN1C)NCCCCC1CCCC1.I. The van der Waals surface area contributed by atoms with Gasteiger partial charge in [-0.05, 0) is 33.4 Å². The Bertz CT molecular complexity index is 371. The van der Waals surface area contributed by atoms with Crippen LogP contribution < -0.4 is 10.6 Å². The van der Waals surface area contributed by atoms with Crippen LogP contribution in [0.25, 0.3) is 0 Å². The minimum Gasteiger partial charge on any atom is -0.357 e. The molecule has 0 aromatic rings. The van der Waals surface area contributed by atoms with E-state index < -0.39 is 0 Å². The topological polar surface area (TPSA) is 42.9 Å². The van der Waals surface area contributed by atoms with E-state index in [1.807, 2.05) is 0 Å². The van der Waals surface area contributed by atoms with Crippen molar-refractivity contribution in [3.8, 4) is 0 Å². The molecule has 25 heavy (non-hydrogen) atoms. The normalized spacial score (nSPS) is 23.5. The summed E-state index contributed by atoms with van der Waals surface area (Å²) in [6.45, 7) is 8.39. The highest BCUT2D eigenvalue weighted by molar-refractivity contribution is 14.0. The average Bonchev–Trinajstić information content (AvgIpc) is 3.08. The van der Waals surface area contributed by atoms with E-state index in [2.05, 4.69) is 41.5 Å². The molecule has 0 radical (unpaired) electrons. The minimum atomic E-state index is 0. The lowest BCUT2D eigenvalue weighted by Crippen LogP contribution is -2.51. The summed E-state index contributed by atoms with van der Waals surface area (Å²) in [6, 6.07) is 0.529. The molecule has 5 nitrogen and oxygen atoms in total. The number of halogens is 1. The fraction of sp³-hybridized carbons (Fsp3) is 0.947. The number of aliphatic imine (C=N–C) groups is 1. The quantitative estimate of drug-likeness (QED) is 0.251. The first-order valence-corrected chi connectivity index (χ1v) is 10.1. The molecule has 0 spiro atoms. The van der Waals surface area contributed by atoms with Gasteiger partial charge in [0.05, 0.1) is 6.54 Å². The van der Waals surface area contributed by atoms with E-state index in [4.69, 9.17) is 4.99 Å². The summed E-state index contributed by atoms with van der Waals surface area (Å²) >= 11 is 0. The fourth-order valence-corrected chi connectivity index (χ4v) is 3.90. The number of hydrogen-bond acceptors (Lipinski definition) is 3. The lowest BCUT2D eigenvalue weighted by molar-refractivity contribution is 0.119. The van der Waals surface area contributed by atoms with Gasteiger partial charge in [-0.15, -0.1) is 24.0 Å². The van der Waals surface area contributed by atoms with E-state index >= 15 is 0 Å². The van der Waals surface area contributed by atoms with Crippen molar-refractivity contribution in [1.82, 2.24) is 20.4 Å². The van der Waals surface area contributed by atoms with Crippen LogP contribution in [0, 0.1) is 5.92 Å². The first-order valence-electron chi connectivity index (χ1n) is 10.1. The second kappa shape index (κ2) is 13.1. The monoisotopic (exact) mass is 465 g/mol. The molecule has 6 heteroatoms. The summed E-state index contributed by atoms with van der Waals surface area (Å²) in [5.41, 5.74) is 0. The molecule has 1 unspecified atom stereocenters. The standard InChI is InChI=1S/C19H39N5.HI/c1-4-20-19(21-12-8-7-11-17-9-5-6-10-17)22-15-18-16-23(2)13-14-24(18)3;/h17-18H,4-16H2,1-3H3,(H2,20,21,22);1H. The Morgan fingerprint density at radius 2 is 1.84 bits per heavy atom. The highest BCUT2D eigenvalue weighted by Crippen LogP contribution is 2.28. The van der Waals surface area contributed by atoms with Crippen LogP contribution in [0.2, 0.25) is 0 Å². The summed E-state index contributed by atoms with van der Waals surface area (Å²) in [5.74, 6) is 2.01. The Balaban J connectivity index is 0.00000312. The number of likely N-dealkylation sites (N-methyl/N-ethyl adjacent to an activating group) is 2. The van der Waals surface area contributed by atoms with Crippen molar-refractivity contribution in [2.45, 2.75) is 57.9 Å². The van der Waals surface area contributed by atoms with Crippen molar-refractivity contribution in [3.63, 3.8) is 0 Å². The lowest BCUT2D eigenvalue weighted by Gasteiger charge is -2.36. The molecule has 1 saturated heterocycles. The van der Waals surface area contributed by atoms with Crippen LogP contribution in [0.4, 0.5) is 0 Å². The van der Waals surface area contributed by atoms with Crippen molar-refractivity contribution in [2.24, 2.45) is 10.9 Å². The molecule has 0 aromatic carbocycles. The number of nitrogens with one attached hydrogen (secondary N) is 2. The minimum absolute atomic E-state index is 0.